The van der Waals surface area contributed by atoms with E-state index in [0.29, 0.717) is 0 Å². The Labute approximate surface area is 65.6 Å². The van der Waals surface area contributed by atoms with Crippen molar-refractivity contribution in [1.82, 2.24) is 0 Å². The minimum atomic E-state index is -3.16. The molecule has 0 aromatic rings. The lowest BCUT2D eigenvalue weighted by Gasteiger charge is -1.73. The number of hydrogen-bond acceptors (Lipinski definition) is 3. The van der Waals surface area contributed by atoms with E-state index in [0.717, 1.165) is 5.41 Å². The molecule has 0 atom stereocenters. The second kappa shape index (κ2) is 4.81. The highest BCUT2D eigenvalue weighted by Crippen LogP contribution is 1.97. The number of sulfonamides is 1. The van der Waals surface area contributed by atoms with Crippen LogP contribution in [-0.4, -0.2) is 26.3 Å². The molecule has 0 bridgehead atoms. The monoisotopic (exact) mass is 175 g/mol. The molecule has 0 saturated heterocycles. The molecule has 1 aliphatic rings. The summed E-state index contributed by atoms with van der Waals surface area (Å²) in [7, 11) is -3.16. The van der Waals surface area contributed by atoms with E-state index in [1.165, 1.54) is 18.4 Å². The Morgan fingerprint density at radius 1 is 1.64 bits per heavy atom. The maximum atomic E-state index is 10.1. The van der Waals surface area contributed by atoms with Crippen LogP contribution in [0.25, 0.3) is 0 Å². The normalized spacial score (nSPS) is 17.2. The van der Waals surface area contributed by atoms with Crippen LogP contribution in [0.2, 0.25) is 0 Å². The molecule has 1 N–H and O–H groups in total. The second-order valence-corrected chi connectivity index (χ2v) is 3.08. The summed E-state index contributed by atoms with van der Waals surface area (Å²) in [5, 5.41) is 8.81. The molecule has 0 amide bonds. The topological polar surface area (TPSA) is 66.7 Å². The Bertz CT molecular complexity index is 246. The van der Waals surface area contributed by atoms with Crippen LogP contribution < -0.4 is 0 Å². The molecule has 11 heavy (non-hydrogen) atoms. The summed E-state index contributed by atoms with van der Waals surface area (Å²) >= 11 is 0. The second-order valence-electron chi connectivity index (χ2n) is 1.57. The van der Waals surface area contributed by atoms with Crippen molar-refractivity contribution >= 4 is 16.2 Å². The first-order valence-electron chi connectivity index (χ1n) is 2.81. The van der Waals surface area contributed by atoms with Gasteiger partial charge in [0.2, 0.25) is 0 Å². The van der Waals surface area contributed by atoms with E-state index in [-0.39, 0.29) is 6.61 Å². The van der Waals surface area contributed by atoms with E-state index in [2.05, 4.69) is 11.0 Å². The lowest BCUT2D eigenvalue weighted by molar-refractivity contribution is 0.343. The summed E-state index contributed by atoms with van der Waals surface area (Å²) in [6.07, 6.45) is 4.06. The van der Waals surface area contributed by atoms with Gasteiger partial charge in [0, 0.05) is 6.21 Å². The highest BCUT2D eigenvalue weighted by molar-refractivity contribution is 7.93. The SMILES string of the molecule is C=CCO.O=S1(=O)C=CC=N1. The van der Waals surface area contributed by atoms with Crippen molar-refractivity contribution in [2.45, 2.75) is 0 Å². The first-order valence-corrected chi connectivity index (χ1v) is 4.31. The van der Waals surface area contributed by atoms with E-state index < -0.39 is 10.0 Å². The summed E-state index contributed by atoms with van der Waals surface area (Å²) in [6, 6.07) is 0. The van der Waals surface area contributed by atoms with Crippen LogP contribution in [0, 0.1) is 0 Å². The molecule has 1 rings (SSSR count). The van der Waals surface area contributed by atoms with Crippen molar-refractivity contribution in [2.24, 2.45) is 4.40 Å². The number of nitrogens with zero attached hydrogens (tertiary/aromatic N) is 1. The van der Waals surface area contributed by atoms with E-state index in [1.807, 2.05) is 0 Å². The quantitative estimate of drug-likeness (QED) is 0.574. The van der Waals surface area contributed by atoms with Gasteiger partial charge in [0.25, 0.3) is 10.0 Å². The van der Waals surface area contributed by atoms with Gasteiger partial charge in [0.1, 0.15) is 0 Å². The van der Waals surface area contributed by atoms with Gasteiger partial charge >= 0.3 is 0 Å². The molecule has 5 heteroatoms. The smallest absolute Gasteiger partial charge is 0.275 e. The molecular weight excluding hydrogens is 166 g/mol. The molecule has 0 aromatic heterocycles. The van der Waals surface area contributed by atoms with Crippen molar-refractivity contribution in [1.29, 1.82) is 0 Å². The van der Waals surface area contributed by atoms with E-state index in [1.54, 1.807) is 0 Å². The van der Waals surface area contributed by atoms with Crippen LogP contribution in [-0.2, 0) is 10.0 Å². The van der Waals surface area contributed by atoms with Gasteiger partial charge in [-0.25, -0.2) is 0 Å². The zero-order valence-electron chi connectivity index (χ0n) is 5.84. The number of hydrogen-bond donors (Lipinski definition) is 1. The Morgan fingerprint density at radius 2 is 2.18 bits per heavy atom. The van der Waals surface area contributed by atoms with Gasteiger partial charge < -0.3 is 5.11 Å². The third kappa shape index (κ3) is 5.50. The fourth-order valence-electron chi connectivity index (χ4n) is 0.290. The number of aliphatic hydroxyl groups is 1. The lowest BCUT2D eigenvalue weighted by atomic mass is 10.7. The van der Waals surface area contributed by atoms with Crippen LogP contribution in [0.4, 0.5) is 0 Å². The zero-order chi connectivity index (χ0) is 8.74. The Balaban J connectivity index is 0.000000218. The molecule has 1 aliphatic heterocycles. The van der Waals surface area contributed by atoms with Gasteiger partial charge in [-0.05, 0) is 6.08 Å². The van der Waals surface area contributed by atoms with Gasteiger partial charge in [-0.2, -0.15) is 12.8 Å². The predicted octanol–water partition coefficient (Wildman–Crippen LogP) is 0.0790. The van der Waals surface area contributed by atoms with Crippen molar-refractivity contribution in [3.05, 3.63) is 24.1 Å². The van der Waals surface area contributed by atoms with E-state index >= 15 is 0 Å². The molecule has 62 valence electrons. The average Bonchev–Trinajstić information content (AvgIpc) is 2.35. The zero-order valence-corrected chi connectivity index (χ0v) is 6.66. The molecule has 4 nitrogen and oxygen atoms in total. The van der Waals surface area contributed by atoms with Crippen LogP contribution in [0.15, 0.2) is 28.5 Å². The minimum absolute atomic E-state index is 0.0833. The predicted molar refractivity (Wildman–Crippen MR) is 43.8 cm³/mol. The average molecular weight is 175 g/mol. The van der Waals surface area contributed by atoms with Crippen LogP contribution >= 0.6 is 0 Å². The molecular formula is C6H9NO3S. The number of rotatable bonds is 1. The minimum Gasteiger partial charge on any atom is -0.392 e. The number of allylic oxidation sites excluding steroid dienone is 1. The summed E-state index contributed by atoms with van der Waals surface area (Å²) in [5.74, 6) is 0. The molecule has 0 spiro atoms. The maximum Gasteiger partial charge on any atom is 0.275 e. The Hall–Kier alpha value is -0.940. The maximum absolute atomic E-state index is 10.1. The standard InChI is InChI=1S/C3H3NO2S.C3H6O/c5-7(6)3-1-2-4-7;1-2-3-4/h1-3H;2,4H,1,3H2. The van der Waals surface area contributed by atoms with Crippen molar-refractivity contribution < 1.29 is 13.5 Å². The van der Waals surface area contributed by atoms with Crippen LogP contribution in [0.3, 0.4) is 0 Å². The Morgan fingerprint density at radius 3 is 2.27 bits per heavy atom. The van der Waals surface area contributed by atoms with Crippen molar-refractivity contribution in [2.75, 3.05) is 6.61 Å². The molecule has 0 aliphatic carbocycles. The highest BCUT2D eigenvalue weighted by Gasteiger charge is 2.01. The van der Waals surface area contributed by atoms with Gasteiger partial charge in [-0.15, -0.1) is 6.58 Å². The molecule has 0 radical (unpaired) electrons. The van der Waals surface area contributed by atoms with Gasteiger partial charge in [-0.3, -0.25) is 0 Å². The van der Waals surface area contributed by atoms with E-state index in [9.17, 15) is 8.42 Å². The lowest BCUT2D eigenvalue weighted by Crippen LogP contribution is -1.80. The molecule has 0 unspecified atom stereocenters. The van der Waals surface area contributed by atoms with Gasteiger partial charge in [0.15, 0.2) is 0 Å². The fraction of sp³-hybridized carbons (Fsp3) is 0.167. The summed E-state index contributed by atoms with van der Waals surface area (Å²) in [4.78, 5) is 0. The third-order valence-electron chi connectivity index (χ3n) is 0.673. The Kier molecular flexibility index (Phi) is 4.40. The van der Waals surface area contributed by atoms with Crippen molar-refractivity contribution in [3.63, 3.8) is 0 Å². The molecule has 0 aromatic carbocycles. The summed E-state index contributed by atoms with van der Waals surface area (Å²) < 4.78 is 23.4. The highest BCUT2D eigenvalue weighted by atomic mass is 32.2. The largest absolute Gasteiger partial charge is 0.392 e. The van der Waals surface area contributed by atoms with E-state index in [4.69, 9.17) is 5.11 Å². The number of aliphatic hydroxyl groups excluding tert-OH is 1. The van der Waals surface area contributed by atoms with Gasteiger partial charge in [-0.1, -0.05) is 6.08 Å². The van der Waals surface area contributed by atoms with Gasteiger partial charge in [0.05, 0.1) is 12.0 Å². The van der Waals surface area contributed by atoms with Crippen LogP contribution in [0.1, 0.15) is 0 Å². The molecule has 0 fully saturated rings. The molecule has 1 heterocycles. The summed E-state index contributed by atoms with van der Waals surface area (Å²) in [5.41, 5.74) is 0. The third-order valence-corrected chi connectivity index (χ3v) is 1.59. The summed E-state index contributed by atoms with van der Waals surface area (Å²) in [6.45, 7) is 3.31. The fourth-order valence-corrected chi connectivity index (χ4v) is 0.869. The molecule has 0 saturated carbocycles. The first kappa shape index (κ1) is 10.1. The van der Waals surface area contributed by atoms with Crippen LogP contribution in [0.5, 0.6) is 0 Å². The first-order chi connectivity index (χ1) is 5.12. The van der Waals surface area contributed by atoms with Crippen molar-refractivity contribution in [3.8, 4) is 0 Å².